The van der Waals surface area contributed by atoms with E-state index in [1.807, 2.05) is 44.2 Å². The quantitative estimate of drug-likeness (QED) is 0.846. The van der Waals surface area contributed by atoms with Crippen LogP contribution in [0.3, 0.4) is 0 Å². The van der Waals surface area contributed by atoms with Crippen molar-refractivity contribution in [2.45, 2.75) is 20.3 Å². The number of nitrogens with two attached hydrogens (primary N) is 1. The van der Waals surface area contributed by atoms with Gasteiger partial charge < -0.3 is 15.2 Å². The van der Waals surface area contributed by atoms with Crippen LogP contribution in [0, 0.1) is 13.8 Å². The van der Waals surface area contributed by atoms with E-state index in [9.17, 15) is 0 Å². The molecule has 0 spiro atoms. The van der Waals surface area contributed by atoms with Crippen LogP contribution in [0.5, 0.6) is 11.5 Å². The first-order valence-corrected chi connectivity index (χ1v) is 6.72. The van der Waals surface area contributed by atoms with Crippen molar-refractivity contribution < 1.29 is 9.47 Å². The zero-order valence-corrected chi connectivity index (χ0v) is 12.3. The number of rotatable bonds is 5. The van der Waals surface area contributed by atoms with Crippen molar-refractivity contribution in [3.05, 3.63) is 53.1 Å². The van der Waals surface area contributed by atoms with Gasteiger partial charge in [-0.2, -0.15) is 0 Å². The van der Waals surface area contributed by atoms with Crippen LogP contribution in [-0.4, -0.2) is 13.7 Å². The van der Waals surface area contributed by atoms with Crippen LogP contribution in [0.2, 0.25) is 0 Å². The van der Waals surface area contributed by atoms with Gasteiger partial charge in [-0.15, -0.1) is 0 Å². The lowest BCUT2D eigenvalue weighted by Crippen LogP contribution is -2.05. The first-order chi connectivity index (χ1) is 9.60. The summed E-state index contributed by atoms with van der Waals surface area (Å²) < 4.78 is 11.0. The molecule has 2 rings (SSSR count). The number of nitrogen functional groups attached to an aromatic ring is 1. The molecule has 2 N–H and O–H groups in total. The molecule has 0 saturated carbocycles. The summed E-state index contributed by atoms with van der Waals surface area (Å²) in [5.41, 5.74) is 10.2. The minimum atomic E-state index is 0.612. The average Bonchev–Trinajstić information content (AvgIpc) is 2.42. The summed E-state index contributed by atoms with van der Waals surface area (Å²) in [6.07, 6.45) is 0.844. The average molecular weight is 271 g/mol. The van der Waals surface area contributed by atoms with Gasteiger partial charge in [0, 0.05) is 6.42 Å². The summed E-state index contributed by atoms with van der Waals surface area (Å²) in [7, 11) is 1.67. The molecule has 0 aromatic heterocycles. The van der Waals surface area contributed by atoms with Gasteiger partial charge in [-0.3, -0.25) is 0 Å². The second kappa shape index (κ2) is 6.33. The summed E-state index contributed by atoms with van der Waals surface area (Å²) in [5.74, 6) is 1.66. The molecule has 3 nitrogen and oxygen atoms in total. The summed E-state index contributed by atoms with van der Waals surface area (Å²) in [5, 5.41) is 0. The Kier molecular flexibility index (Phi) is 4.51. The van der Waals surface area contributed by atoms with Gasteiger partial charge in [-0.05, 0) is 48.7 Å². The molecule has 0 radical (unpaired) electrons. The lowest BCUT2D eigenvalue weighted by molar-refractivity contribution is 0.321. The van der Waals surface area contributed by atoms with Crippen molar-refractivity contribution >= 4 is 5.69 Å². The molecule has 0 aliphatic carbocycles. The van der Waals surface area contributed by atoms with Crippen LogP contribution in [0.1, 0.15) is 16.7 Å². The zero-order chi connectivity index (χ0) is 14.5. The standard InChI is InChI=1S/C17H21NO2/c1-12-10-13(2)17(16(18)11-12)20-9-8-14-4-6-15(19-3)7-5-14/h4-7,10-11H,8-9,18H2,1-3H3. The normalized spacial score (nSPS) is 10.3. The predicted molar refractivity (Wildman–Crippen MR) is 82.5 cm³/mol. The molecule has 0 aliphatic heterocycles. The molecule has 20 heavy (non-hydrogen) atoms. The van der Waals surface area contributed by atoms with Gasteiger partial charge >= 0.3 is 0 Å². The lowest BCUT2D eigenvalue weighted by atomic mass is 10.1. The lowest BCUT2D eigenvalue weighted by Gasteiger charge is -2.13. The fraction of sp³-hybridized carbons (Fsp3) is 0.294. The molecule has 106 valence electrons. The Balaban J connectivity index is 1.95. The predicted octanol–water partition coefficient (Wildman–Crippen LogP) is 3.52. The van der Waals surface area contributed by atoms with Crippen molar-refractivity contribution in [3.8, 4) is 11.5 Å². The van der Waals surface area contributed by atoms with Gasteiger partial charge in [-0.25, -0.2) is 0 Å². The SMILES string of the molecule is COc1ccc(CCOc2c(C)cc(C)cc2N)cc1. The molecule has 0 bridgehead atoms. The van der Waals surface area contributed by atoms with E-state index >= 15 is 0 Å². The Bertz CT molecular complexity index is 553. The Morgan fingerprint density at radius 1 is 1.05 bits per heavy atom. The molecule has 0 aliphatic rings. The molecule has 0 atom stereocenters. The third-order valence-electron chi connectivity index (χ3n) is 3.24. The van der Waals surface area contributed by atoms with E-state index in [-0.39, 0.29) is 0 Å². The van der Waals surface area contributed by atoms with Gasteiger partial charge in [0.1, 0.15) is 11.5 Å². The second-order valence-corrected chi connectivity index (χ2v) is 4.95. The molecular formula is C17H21NO2. The maximum Gasteiger partial charge on any atom is 0.145 e. The first kappa shape index (κ1) is 14.3. The zero-order valence-electron chi connectivity index (χ0n) is 12.3. The van der Waals surface area contributed by atoms with Gasteiger partial charge in [0.2, 0.25) is 0 Å². The summed E-state index contributed by atoms with van der Waals surface area (Å²) in [4.78, 5) is 0. The Morgan fingerprint density at radius 2 is 1.75 bits per heavy atom. The van der Waals surface area contributed by atoms with Crippen LogP contribution in [0.4, 0.5) is 5.69 Å². The van der Waals surface area contributed by atoms with E-state index in [0.717, 1.165) is 29.0 Å². The Hall–Kier alpha value is -2.16. The molecule has 0 saturated heterocycles. The highest BCUT2D eigenvalue weighted by Crippen LogP contribution is 2.27. The van der Waals surface area contributed by atoms with E-state index in [1.54, 1.807) is 7.11 Å². The third-order valence-corrected chi connectivity index (χ3v) is 3.24. The molecule has 3 heteroatoms. The highest BCUT2D eigenvalue weighted by molar-refractivity contribution is 5.58. The van der Waals surface area contributed by atoms with Crippen molar-refractivity contribution in [2.24, 2.45) is 0 Å². The van der Waals surface area contributed by atoms with E-state index < -0.39 is 0 Å². The van der Waals surface area contributed by atoms with Gasteiger partial charge in [0.25, 0.3) is 0 Å². The fourth-order valence-electron chi connectivity index (χ4n) is 2.25. The monoisotopic (exact) mass is 271 g/mol. The van der Waals surface area contributed by atoms with E-state index in [2.05, 4.69) is 6.07 Å². The molecule has 0 unspecified atom stereocenters. The van der Waals surface area contributed by atoms with Crippen molar-refractivity contribution in [3.63, 3.8) is 0 Å². The molecule has 2 aromatic rings. The summed E-state index contributed by atoms with van der Waals surface area (Å²) in [6, 6.07) is 12.0. The number of anilines is 1. The molecule has 0 amide bonds. The van der Waals surface area contributed by atoms with E-state index in [1.165, 1.54) is 5.56 Å². The minimum Gasteiger partial charge on any atom is -0.497 e. The number of aryl methyl sites for hydroxylation is 2. The Labute approximate surface area is 120 Å². The van der Waals surface area contributed by atoms with Crippen LogP contribution >= 0.6 is 0 Å². The van der Waals surface area contributed by atoms with Gasteiger partial charge in [-0.1, -0.05) is 18.2 Å². The third kappa shape index (κ3) is 3.44. The molecule has 0 heterocycles. The van der Waals surface area contributed by atoms with Gasteiger partial charge in [0.15, 0.2) is 0 Å². The number of hydrogen-bond donors (Lipinski definition) is 1. The first-order valence-electron chi connectivity index (χ1n) is 6.72. The van der Waals surface area contributed by atoms with E-state index in [4.69, 9.17) is 15.2 Å². The van der Waals surface area contributed by atoms with Crippen LogP contribution in [0.15, 0.2) is 36.4 Å². The van der Waals surface area contributed by atoms with Crippen LogP contribution < -0.4 is 15.2 Å². The topological polar surface area (TPSA) is 44.5 Å². The molecular weight excluding hydrogens is 250 g/mol. The van der Waals surface area contributed by atoms with Crippen molar-refractivity contribution in [1.82, 2.24) is 0 Å². The summed E-state index contributed by atoms with van der Waals surface area (Å²) >= 11 is 0. The van der Waals surface area contributed by atoms with Crippen molar-refractivity contribution in [1.29, 1.82) is 0 Å². The second-order valence-electron chi connectivity index (χ2n) is 4.95. The molecule has 2 aromatic carbocycles. The number of hydrogen-bond acceptors (Lipinski definition) is 3. The molecule has 0 fully saturated rings. The number of methoxy groups -OCH3 is 1. The Morgan fingerprint density at radius 3 is 2.35 bits per heavy atom. The number of benzene rings is 2. The highest BCUT2D eigenvalue weighted by Gasteiger charge is 2.05. The summed E-state index contributed by atoms with van der Waals surface area (Å²) in [6.45, 7) is 4.66. The number of ether oxygens (including phenoxy) is 2. The van der Waals surface area contributed by atoms with E-state index in [0.29, 0.717) is 12.3 Å². The highest BCUT2D eigenvalue weighted by atomic mass is 16.5. The maximum atomic E-state index is 6.00. The minimum absolute atomic E-state index is 0.612. The fourth-order valence-corrected chi connectivity index (χ4v) is 2.25. The largest absolute Gasteiger partial charge is 0.497 e. The smallest absolute Gasteiger partial charge is 0.145 e. The van der Waals surface area contributed by atoms with Crippen LogP contribution in [0.25, 0.3) is 0 Å². The van der Waals surface area contributed by atoms with Gasteiger partial charge in [0.05, 0.1) is 19.4 Å². The maximum absolute atomic E-state index is 6.00. The van der Waals surface area contributed by atoms with Crippen molar-refractivity contribution in [2.75, 3.05) is 19.5 Å². The van der Waals surface area contributed by atoms with Crippen LogP contribution in [-0.2, 0) is 6.42 Å².